The first kappa shape index (κ1) is 19.0. The van der Waals surface area contributed by atoms with Gasteiger partial charge in [0.2, 0.25) is 0 Å². The lowest BCUT2D eigenvalue weighted by molar-refractivity contribution is -0.155. The SMILES string of the molecule is COc1ccc([C@@H](CC(=O)OC(C)(C)C)[C@@H](F)c2ccccc2)cc1. The van der Waals surface area contributed by atoms with E-state index in [1.807, 2.05) is 6.07 Å². The zero-order valence-corrected chi connectivity index (χ0v) is 15.2. The summed E-state index contributed by atoms with van der Waals surface area (Å²) in [4.78, 5) is 12.3. The maximum absolute atomic E-state index is 15.2. The first-order chi connectivity index (χ1) is 11.8. The monoisotopic (exact) mass is 344 g/mol. The highest BCUT2D eigenvalue weighted by molar-refractivity contribution is 5.71. The van der Waals surface area contributed by atoms with Gasteiger partial charge in [0.15, 0.2) is 0 Å². The first-order valence-corrected chi connectivity index (χ1v) is 8.35. The minimum atomic E-state index is -1.30. The van der Waals surface area contributed by atoms with E-state index in [1.165, 1.54) is 0 Å². The van der Waals surface area contributed by atoms with Gasteiger partial charge in [0.05, 0.1) is 13.5 Å². The minimum absolute atomic E-state index is 0.0281. The van der Waals surface area contributed by atoms with E-state index < -0.39 is 23.7 Å². The van der Waals surface area contributed by atoms with Gasteiger partial charge in [-0.25, -0.2) is 4.39 Å². The molecule has 0 unspecified atom stereocenters. The average molecular weight is 344 g/mol. The molecule has 0 aromatic heterocycles. The Morgan fingerprint density at radius 3 is 2.12 bits per heavy atom. The smallest absolute Gasteiger partial charge is 0.307 e. The molecule has 2 aromatic rings. The van der Waals surface area contributed by atoms with Crippen LogP contribution in [0.2, 0.25) is 0 Å². The Kier molecular flexibility index (Phi) is 6.18. The summed E-state index contributed by atoms with van der Waals surface area (Å²) in [6.45, 7) is 5.41. The van der Waals surface area contributed by atoms with Crippen molar-refractivity contribution < 1.29 is 18.7 Å². The van der Waals surface area contributed by atoms with Gasteiger partial charge in [-0.05, 0) is 44.0 Å². The number of carbonyl (C=O) groups is 1. The second-order valence-electron chi connectivity index (χ2n) is 6.98. The molecule has 0 aliphatic rings. The molecule has 0 radical (unpaired) electrons. The van der Waals surface area contributed by atoms with Crippen LogP contribution >= 0.6 is 0 Å². The lowest BCUT2D eigenvalue weighted by Crippen LogP contribution is -2.25. The van der Waals surface area contributed by atoms with Crippen molar-refractivity contribution in [2.75, 3.05) is 7.11 Å². The zero-order valence-electron chi connectivity index (χ0n) is 15.2. The van der Waals surface area contributed by atoms with E-state index in [-0.39, 0.29) is 6.42 Å². The number of carbonyl (C=O) groups excluding carboxylic acids is 1. The highest BCUT2D eigenvalue weighted by Gasteiger charge is 2.29. The molecular weight excluding hydrogens is 319 g/mol. The van der Waals surface area contributed by atoms with Crippen LogP contribution in [0.1, 0.15) is 50.4 Å². The fourth-order valence-corrected chi connectivity index (χ4v) is 2.67. The van der Waals surface area contributed by atoms with Crippen LogP contribution in [0.15, 0.2) is 54.6 Å². The van der Waals surface area contributed by atoms with Crippen molar-refractivity contribution in [2.24, 2.45) is 0 Å². The maximum Gasteiger partial charge on any atom is 0.307 e. The maximum atomic E-state index is 15.2. The summed E-state index contributed by atoms with van der Waals surface area (Å²) in [7, 11) is 1.58. The quantitative estimate of drug-likeness (QED) is 0.674. The van der Waals surface area contributed by atoms with Gasteiger partial charge in [0.25, 0.3) is 0 Å². The summed E-state index contributed by atoms with van der Waals surface area (Å²) in [6.07, 6.45) is -1.33. The van der Waals surface area contributed by atoms with Gasteiger partial charge in [-0.3, -0.25) is 4.79 Å². The molecule has 2 atom stereocenters. The van der Waals surface area contributed by atoms with Gasteiger partial charge in [0, 0.05) is 5.92 Å². The lowest BCUT2D eigenvalue weighted by Gasteiger charge is -2.25. The Balaban J connectivity index is 2.28. The van der Waals surface area contributed by atoms with Crippen LogP contribution in [0.4, 0.5) is 4.39 Å². The largest absolute Gasteiger partial charge is 0.497 e. The lowest BCUT2D eigenvalue weighted by atomic mass is 9.87. The summed E-state index contributed by atoms with van der Waals surface area (Å²) in [5.41, 5.74) is 0.690. The van der Waals surface area contributed by atoms with Gasteiger partial charge in [-0.2, -0.15) is 0 Å². The van der Waals surface area contributed by atoms with E-state index in [0.29, 0.717) is 11.3 Å². The summed E-state index contributed by atoms with van der Waals surface area (Å²) < 4.78 is 25.8. The summed E-state index contributed by atoms with van der Waals surface area (Å²) in [5, 5.41) is 0. The number of esters is 1. The van der Waals surface area contributed by atoms with Crippen molar-refractivity contribution in [1.29, 1.82) is 0 Å². The molecule has 0 amide bonds. The van der Waals surface area contributed by atoms with E-state index in [2.05, 4.69) is 0 Å². The molecule has 25 heavy (non-hydrogen) atoms. The molecule has 0 aliphatic carbocycles. The predicted molar refractivity (Wildman–Crippen MR) is 96.5 cm³/mol. The zero-order chi connectivity index (χ0) is 18.4. The third kappa shape index (κ3) is 5.59. The number of hydrogen-bond acceptors (Lipinski definition) is 3. The van der Waals surface area contributed by atoms with Crippen molar-refractivity contribution >= 4 is 5.97 Å². The fourth-order valence-electron chi connectivity index (χ4n) is 2.67. The molecule has 4 heteroatoms. The van der Waals surface area contributed by atoms with Gasteiger partial charge in [-0.1, -0.05) is 42.5 Å². The van der Waals surface area contributed by atoms with Gasteiger partial charge < -0.3 is 9.47 Å². The van der Waals surface area contributed by atoms with Gasteiger partial charge in [0.1, 0.15) is 17.5 Å². The highest BCUT2D eigenvalue weighted by Crippen LogP contribution is 2.38. The fraction of sp³-hybridized carbons (Fsp3) is 0.381. The summed E-state index contributed by atoms with van der Waals surface area (Å²) >= 11 is 0. The van der Waals surface area contributed by atoms with E-state index in [0.717, 1.165) is 5.56 Å². The molecule has 2 rings (SSSR count). The highest BCUT2D eigenvalue weighted by atomic mass is 19.1. The van der Waals surface area contributed by atoms with Crippen LogP contribution in [0, 0.1) is 0 Å². The number of hydrogen-bond donors (Lipinski definition) is 0. The number of alkyl halides is 1. The number of benzene rings is 2. The molecule has 0 saturated heterocycles. The molecule has 0 saturated carbocycles. The Morgan fingerprint density at radius 1 is 1.00 bits per heavy atom. The Bertz CT molecular complexity index is 675. The standard InChI is InChI=1S/C21H25FO3/c1-21(2,3)25-19(23)14-18(15-10-12-17(24-4)13-11-15)20(22)16-8-6-5-7-9-16/h5-13,18,20H,14H2,1-4H3/t18-,20+/m1/s1. The van der Waals surface area contributed by atoms with Crippen LogP contribution in [0.25, 0.3) is 0 Å². The normalized spacial score (nSPS) is 13.8. The van der Waals surface area contributed by atoms with Crippen LogP contribution in [0.5, 0.6) is 5.75 Å². The van der Waals surface area contributed by atoms with E-state index in [1.54, 1.807) is 76.4 Å². The molecule has 0 spiro atoms. The number of halogens is 1. The van der Waals surface area contributed by atoms with Crippen LogP contribution < -0.4 is 4.74 Å². The van der Waals surface area contributed by atoms with Gasteiger partial charge in [-0.15, -0.1) is 0 Å². The van der Waals surface area contributed by atoms with Crippen molar-refractivity contribution in [3.8, 4) is 5.75 Å². The second kappa shape index (κ2) is 8.15. The van der Waals surface area contributed by atoms with Crippen molar-refractivity contribution in [3.05, 3.63) is 65.7 Å². The molecular formula is C21H25FO3. The molecule has 0 bridgehead atoms. The Labute approximate surface area is 148 Å². The van der Waals surface area contributed by atoms with Crippen LogP contribution in [-0.2, 0) is 9.53 Å². The van der Waals surface area contributed by atoms with Crippen molar-refractivity contribution in [3.63, 3.8) is 0 Å². The number of rotatable bonds is 6. The molecule has 0 N–H and O–H groups in total. The third-order valence-corrected chi connectivity index (χ3v) is 3.82. The number of ether oxygens (including phenoxy) is 2. The molecule has 0 fully saturated rings. The third-order valence-electron chi connectivity index (χ3n) is 3.82. The molecule has 134 valence electrons. The van der Waals surface area contributed by atoms with E-state index in [4.69, 9.17) is 9.47 Å². The Hall–Kier alpha value is -2.36. The van der Waals surface area contributed by atoms with E-state index in [9.17, 15) is 4.79 Å². The molecule has 2 aromatic carbocycles. The number of methoxy groups -OCH3 is 1. The average Bonchev–Trinajstić information content (AvgIpc) is 2.58. The van der Waals surface area contributed by atoms with E-state index >= 15 is 4.39 Å². The van der Waals surface area contributed by atoms with Crippen LogP contribution in [-0.4, -0.2) is 18.7 Å². The Morgan fingerprint density at radius 2 is 1.60 bits per heavy atom. The van der Waals surface area contributed by atoms with Crippen molar-refractivity contribution in [2.45, 2.75) is 44.9 Å². The van der Waals surface area contributed by atoms with Crippen molar-refractivity contribution in [1.82, 2.24) is 0 Å². The topological polar surface area (TPSA) is 35.5 Å². The van der Waals surface area contributed by atoms with Gasteiger partial charge >= 0.3 is 5.97 Å². The predicted octanol–water partition coefficient (Wildman–Crippen LogP) is 5.22. The van der Waals surface area contributed by atoms with Crippen LogP contribution in [0.3, 0.4) is 0 Å². The summed E-state index contributed by atoms with van der Waals surface area (Å²) in [6, 6.07) is 16.0. The first-order valence-electron chi connectivity index (χ1n) is 8.35. The minimum Gasteiger partial charge on any atom is -0.497 e. The molecule has 0 heterocycles. The second-order valence-corrected chi connectivity index (χ2v) is 6.98. The molecule has 0 aliphatic heterocycles. The summed E-state index contributed by atoms with van der Waals surface area (Å²) in [5.74, 6) is -0.343. The molecule has 3 nitrogen and oxygen atoms in total.